The Kier molecular flexibility index (Phi) is 5.20. The van der Waals surface area contributed by atoms with Crippen molar-refractivity contribution in [3.05, 3.63) is 69.7 Å². The number of hydrogen-bond acceptors (Lipinski definition) is 4. The summed E-state index contributed by atoms with van der Waals surface area (Å²) in [6.45, 7) is -0.520. The van der Waals surface area contributed by atoms with Crippen LogP contribution in [0.25, 0.3) is 0 Å². The van der Waals surface area contributed by atoms with E-state index in [0.717, 1.165) is 0 Å². The third kappa shape index (κ3) is 3.97. The lowest BCUT2D eigenvalue weighted by Gasteiger charge is -2.08. The van der Waals surface area contributed by atoms with Crippen molar-refractivity contribution < 1.29 is 19.1 Å². The summed E-state index contributed by atoms with van der Waals surface area (Å²) in [6.07, 6.45) is 0. The Hall–Kier alpha value is -2.04. The predicted molar refractivity (Wildman–Crippen MR) is 78.6 cm³/mol. The molecule has 6 heteroatoms. The summed E-state index contributed by atoms with van der Waals surface area (Å²) in [7, 11) is 0. The van der Waals surface area contributed by atoms with Gasteiger partial charge in [0.25, 0.3) is 0 Å². The van der Waals surface area contributed by atoms with E-state index in [-0.39, 0.29) is 21.2 Å². The van der Waals surface area contributed by atoms with Crippen molar-refractivity contribution in [3.63, 3.8) is 0 Å². The number of carbonyl (C=O) groups is 2. The van der Waals surface area contributed by atoms with Gasteiger partial charge in [-0.1, -0.05) is 47.5 Å². The molecule has 0 bridgehead atoms. The largest absolute Gasteiger partial charge is 0.424 e. The molecule has 0 radical (unpaired) electrons. The number of carbonyl (C=O) groups excluding carboxylic acids is 2. The van der Waals surface area contributed by atoms with Gasteiger partial charge in [-0.3, -0.25) is 0 Å². The highest BCUT2D eigenvalue weighted by molar-refractivity contribution is 6.34. The number of halogens is 2. The van der Waals surface area contributed by atoms with Crippen molar-refractivity contribution in [2.24, 2.45) is 0 Å². The third-order valence-corrected chi connectivity index (χ3v) is 3.23. The first-order valence-corrected chi connectivity index (χ1v) is 6.68. The van der Waals surface area contributed by atoms with Gasteiger partial charge in [0.05, 0.1) is 21.2 Å². The molecule has 4 nitrogen and oxygen atoms in total. The standard InChI is InChI=1S/C15H10Cl2O4/c16-12-7-3-1-5-10(12)14(18)20-9-21-15(19)11-6-2-4-8-13(11)17/h1-8H,9H2. The summed E-state index contributed by atoms with van der Waals surface area (Å²) in [5.41, 5.74) is 0.404. The molecule has 0 amide bonds. The molecule has 0 heterocycles. The van der Waals surface area contributed by atoms with Crippen molar-refractivity contribution in [2.75, 3.05) is 6.79 Å². The highest BCUT2D eigenvalue weighted by atomic mass is 35.5. The van der Waals surface area contributed by atoms with Crippen molar-refractivity contribution in [2.45, 2.75) is 0 Å². The van der Waals surface area contributed by atoms with Crippen LogP contribution >= 0.6 is 23.2 Å². The second-order valence-electron chi connectivity index (χ2n) is 3.94. The Morgan fingerprint density at radius 2 is 1.14 bits per heavy atom. The maximum Gasteiger partial charge on any atom is 0.342 e. The van der Waals surface area contributed by atoms with Crippen molar-refractivity contribution in [1.29, 1.82) is 0 Å². The molecule has 21 heavy (non-hydrogen) atoms. The van der Waals surface area contributed by atoms with Crippen LogP contribution in [-0.4, -0.2) is 18.7 Å². The van der Waals surface area contributed by atoms with Crippen LogP contribution in [0, 0.1) is 0 Å². The second kappa shape index (κ2) is 7.11. The number of rotatable bonds is 4. The third-order valence-electron chi connectivity index (χ3n) is 2.57. The molecule has 0 aliphatic heterocycles. The maximum atomic E-state index is 11.7. The average Bonchev–Trinajstić information content (AvgIpc) is 2.48. The van der Waals surface area contributed by atoms with Gasteiger partial charge in [-0.2, -0.15) is 0 Å². The lowest BCUT2D eigenvalue weighted by atomic mass is 10.2. The predicted octanol–water partition coefficient (Wildman–Crippen LogP) is 3.96. The SMILES string of the molecule is O=C(OCOC(=O)c1ccccc1Cl)c1ccccc1Cl. The van der Waals surface area contributed by atoms with Gasteiger partial charge in [0.15, 0.2) is 0 Å². The minimum absolute atomic E-state index is 0.202. The van der Waals surface area contributed by atoms with E-state index in [1.165, 1.54) is 12.1 Å². The van der Waals surface area contributed by atoms with Gasteiger partial charge in [-0.15, -0.1) is 0 Å². The van der Waals surface area contributed by atoms with E-state index in [1.54, 1.807) is 36.4 Å². The van der Waals surface area contributed by atoms with Crippen LogP contribution in [-0.2, 0) is 9.47 Å². The molecule has 0 N–H and O–H groups in total. The molecule has 2 aromatic carbocycles. The molecule has 0 saturated heterocycles. The fraction of sp³-hybridized carbons (Fsp3) is 0.0667. The summed E-state index contributed by atoms with van der Waals surface area (Å²) in [6, 6.07) is 12.8. The van der Waals surface area contributed by atoms with Crippen LogP contribution < -0.4 is 0 Å². The van der Waals surface area contributed by atoms with E-state index in [9.17, 15) is 9.59 Å². The molecule has 0 unspecified atom stereocenters. The molecular weight excluding hydrogens is 315 g/mol. The normalized spacial score (nSPS) is 10.0. The Balaban J connectivity index is 1.90. The van der Waals surface area contributed by atoms with Crippen LogP contribution in [0.15, 0.2) is 48.5 Å². The zero-order valence-electron chi connectivity index (χ0n) is 10.7. The Labute approximate surface area is 131 Å². The molecule has 0 atom stereocenters. The highest BCUT2D eigenvalue weighted by Crippen LogP contribution is 2.17. The van der Waals surface area contributed by atoms with Gasteiger partial charge in [0.1, 0.15) is 0 Å². The molecule has 2 rings (SSSR count). The van der Waals surface area contributed by atoms with Gasteiger partial charge in [0.2, 0.25) is 6.79 Å². The van der Waals surface area contributed by atoms with E-state index in [4.69, 9.17) is 32.7 Å². The minimum atomic E-state index is -0.674. The minimum Gasteiger partial charge on any atom is -0.424 e. The number of esters is 2. The summed E-state index contributed by atoms with van der Waals surface area (Å²) in [5, 5.41) is 0.528. The van der Waals surface area contributed by atoms with E-state index < -0.39 is 18.7 Å². The van der Waals surface area contributed by atoms with Gasteiger partial charge >= 0.3 is 11.9 Å². The topological polar surface area (TPSA) is 52.6 Å². The van der Waals surface area contributed by atoms with Crippen LogP contribution in [0.4, 0.5) is 0 Å². The van der Waals surface area contributed by atoms with Gasteiger partial charge in [0, 0.05) is 0 Å². The zero-order chi connectivity index (χ0) is 15.2. The quantitative estimate of drug-likeness (QED) is 0.630. The average molecular weight is 325 g/mol. The molecule has 0 fully saturated rings. The van der Waals surface area contributed by atoms with E-state index in [0.29, 0.717) is 0 Å². The van der Waals surface area contributed by atoms with Crippen LogP contribution in [0.1, 0.15) is 20.7 Å². The molecular formula is C15H10Cl2O4. The first kappa shape index (κ1) is 15.4. The van der Waals surface area contributed by atoms with Crippen molar-refractivity contribution in [3.8, 4) is 0 Å². The van der Waals surface area contributed by atoms with Crippen LogP contribution in [0.3, 0.4) is 0 Å². The monoisotopic (exact) mass is 324 g/mol. The summed E-state index contributed by atoms with van der Waals surface area (Å²) >= 11 is 11.7. The number of ether oxygens (including phenoxy) is 2. The molecule has 0 aliphatic rings. The smallest absolute Gasteiger partial charge is 0.342 e. The molecule has 2 aromatic rings. The molecule has 0 spiro atoms. The lowest BCUT2D eigenvalue weighted by Crippen LogP contribution is -2.13. The van der Waals surface area contributed by atoms with Crippen molar-refractivity contribution >= 4 is 35.1 Å². The fourth-order valence-corrected chi connectivity index (χ4v) is 1.97. The first-order valence-electron chi connectivity index (χ1n) is 5.93. The Morgan fingerprint density at radius 3 is 1.52 bits per heavy atom. The summed E-state index contributed by atoms with van der Waals surface area (Å²) in [5.74, 6) is -1.35. The van der Waals surface area contributed by atoms with Crippen LogP contribution in [0.5, 0.6) is 0 Å². The van der Waals surface area contributed by atoms with Gasteiger partial charge in [-0.05, 0) is 24.3 Å². The zero-order valence-corrected chi connectivity index (χ0v) is 12.2. The van der Waals surface area contributed by atoms with E-state index >= 15 is 0 Å². The molecule has 0 aromatic heterocycles. The summed E-state index contributed by atoms with van der Waals surface area (Å²) < 4.78 is 9.66. The van der Waals surface area contributed by atoms with Crippen molar-refractivity contribution in [1.82, 2.24) is 0 Å². The second-order valence-corrected chi connectivity index (χ2v) is 4.76. The Bertz CT molecular complexity index is 613. The first-order chi connectivity index (χ1) is 10.1. The molecule has 108 valence electrons. The van der Waals surface area contributed by atoms with E-state index in [1.807, 2.05) is 0 Å². The summed E-state index contributed by atoms with van der Waals surface area (Å²) in [4.78, 5) is 23.5. The van der Waals surface area contributed by atoms with Crippen LogP contribution in [0.2, 0.25) is 10.0 Å². The fourth-order valence-electron chi connectivity index (χ4n) is 1.55. The van der Waals surface area contributed by atoms with Gasteiger partial charge in [-0.25, -0.2) is 9.59 Å². The van der Waals surface area contributed by atoms with E-state index in [2.05, 4.69) is 0 Å². The highest BCUT2D eigenvalue weighted by Gasteiger charge is 2.14. The number of benzene rings is 2. The molecule has 0 aliphatic carbocycles. The maximum absolute atomic E-state index is 11.7. The lowest BCUT2D eigenvalue weighted by molar-refractivity contribution is -0.0167. The molecule has 0 saturated carbocycles. The number of hydrogen-bond donors (Lipinski definition) is 0. The Morgan fingerprint density at radius 1 is 0.762 bits per heavy atom. The van der Waals surface area contributed by atoms with Gasteiger partial charge < -0.3 is 9.47 Å².